The van der Waals surface area contributed by atoms with Gasteiger partial charge in [0, 0.05) is 39.9 Å². The molecule has 6 heteroatoms. The first-order chi connectivity index (χ1) is 12.0. The van der Waals surface area contributed by atoms with Crippen molar-refractivity contribution in [2.45, 2.75) is 43.9 Å². The number of ether oxygens (including phenoxy) is 1. The Balaban J connectivity index is 2.01. The zero-order valence-corrected chi connectivity index (χ0v) is 16.6. The second-order valence-electron chi connectivity index (χ2n) is 6.82. The zero-order valence-electron chi connectivity index (χ0n) is 15.8. The van der Waals surface area contributed by atoms with E-state index < -0.39 is 10.0 Å². The standard InChI is InChI=1S/C19H32N2O3S/c1-4-17(2)18-7-9-19(10-8-18)25(22,23)21-13-5-11-20(14-15-21)12-6-16-24-3/h7-10,17H,4-6,11-16H2,1-3H3. The Bertz CT molecular complexity index is 616. The summed E-state index contributed by atoms with van der Waals surface area (Å²) in [6, 6.07) is 7.43. The van der Waals surface area contributed by atoms with Crippen molar-refractivity contribution in [2.24, 2.45) is 0 Å². The SMILES string of the molecule is CCC(C)c1ccc(S(=O)(=O)N2CCCN(CCCOC)CC2)cc1. The molecule has 0 N–H and O–H groups in total. The van der Waals surface area contributed by atoms with Crippen LogP contribution in [-0.4, -0.2) is 64.1 Å². The Morgan fingerprint density at radius 1 is 1.12 bits per heavy atom. The number of rotatable bonds is 8. The fourth-order valence-corrected chi connectivity index (χ4v) is 4.67. The van der Waals surface area contributed by atoms with Crippen molar-refractivity contribution in [3.05, 3.63) is 29.8 Å². The van der Waals surface area contributed by atoms with Crippen LogP contribution in [0, 0.1) is 0 Å². The largest absolute Gasteiger partial charge is 0.385 e. The molecular formula is C19H32N2O3S. The average molecular weight is 369 g/mol. The van der Waals surface area contributed by atoms with Crippen molar-refractivity contribution in [1.29, 1.82) is 0 Å². The highest BCUT2D eigenvalue weighted by Crippen LogP contribution is 2.23. The van der Waals surface area contributed by atoms with E-state index in [-0.39, 0.29) is 0 Å². The molecule has 1 aliphatic heterocycles. The van der Waals surface area contributed by atoms with Crippen molar-refractivity contribution in [1.82, 2.24) is 9.21 Å². The highest BCUT2D eigenvalue weighted by molar-refractivity contribution is 7.89. The van der Waals surface area contributed by atoms with Gasteiger partial charge in [-0.15, -0.1) is 0 Å². The third kappa shape index (κ3) is 5.51. The fourth-order valence-electron chi connectivity index (χ4n) is 3.20. The number of hydrogen-bond donors (Lipinski definition) is 0. The van der Waals surface area contributed by atoms with Gasteiger partial charge in [-0.2, -0.15) is 4.31 Å². The van der Waals surface area contributed by atoms with Crippen LogP contribution in [0.15, 0.2) is 29.2 Å². The fraction of sp³-hybridized carbons (Fsp3) is 0.684. The van der Waals surface area contributed by atoms with E-state index >= 15 is 0 Å². The summed E-state index contributed by atoms with van der Waals surface area (Å²) < 4.78 is 32.6. The number of hydrogen-bond acceptors (Lipinski definition) is 4. The maximum Gasteiger partial charge on any atom is 0.243 e. The summed E-state index contributed by atoms with van der Waals surface area (Å²) in [5.41, 5.74) is 1.20. The Morgan fingerprint density at radius 3 is 2.48 bits per heavy atom. The van der Waals surface area contributed by atoms with Crippen LogP contribution in [0.2, 0.25) is 0 Å². The Kier molecular flexibility index (Phi) is 7.87. The summed E-state index contributed by atoms with van der Waals surface area (Å²) in [6.07, 6.45) is 2.91. The van der Waals surface area contributed by atoms with E-state index in [1.807, 2.05) is 12.1 Å². The van der Waals surface area contributed by atoms with Crippen LogP contribution < -0.4 is 0 Å². The number of methoxy groups -OCH3 is 1. The van der Waals surface area contributed by atoms with E-state index in [1.54, 1.807) is 23.5 Å². The van der Waals surface area contributed by atoms with E-state index in [2.05, 4.69) is 18.7 Å². The van der Waals surface area contributed by atoms with Gasteiger partial charge in [0.1, 0.15) is 0 Å². The number of sulfonamides is 1. The molecule has 1 saturated heterocycles. The molecular weight excluding hydrogens is 336 g/mol. The lowest BCUT2D eigenvalue weighted by Crippen LogP contribution is -2.35. The van der Waals surface area contributed by atoms with E-state index in [1.165, 1.54) is 5.56 Å². The Labute approximate surface area is 153 Å². The topological polar surface area (TPSA) is 49.9 Å². The molecule has 0 spiro atoms. The molecule has 1 aromatic carbocycles. The van der Waals surface area contributed by atoms with Crippen LogP contribution in [0.25, 0.3) is 0 Å². The van der Waals surface area contributed by atoms with Crippen molar-refractivity contribution in [3.63, 3.8) is 0 Å². The lowest BCUT2D eigenvalue weighted by molar-refractivity contribution is 0.173. The molecule has 2 rings (SSSR count). The van der Waals surface area contributed by atoms with Crippen molar-refractivity contribution in [2.75, 3.05) is 46.4 Å². The molecule has 25 heavy (non-hydrogen) atoms. The normalized spacial score (nSPS) is 18.8. The summed E-state index contributed by atoms with van der Waals surface area (Å²) in [4.78, 5) is 2.74. The van der Waals surface area contributed by atoms with Gasteiger partial charge >= 0.3 is 0 Å². The van der Waals surface area contributed by atoms with Gasteiger partial charge in [-0.1, -0.05) is 26.0 Å². The van der Waals surface area contributed by atoms with Gasteiger partial charge in [0.2, 0.25) is 10.0 Å². The van der Waals surface area contributed by atoms with Crippen LogP contribution >= 0.6 is 0 Å². The van der Waals surface area contributed by atoms with E-state index in [0.717, 1.165) is 45.5 Å². The minimum Gasteiger partial charge on any atom is -0.385 e. The van der Waals surface area contributed by atoms with Gasteiger partial charge in [-0.05, 0) is 49.4 Å². The first kappa shape index (κ1) is 20.4. The highest BCUT2D eigenvalue weighted by atomic mass is 32.2. The third-order valence-electron chi connectivity index (χ3n) is 5.07. The van der Waals surface area contributed by atoms with Gasteiger partial charge in [-0.25, -0.2) is 8.42 Å². The minimum absolute atomic E-state index is 0.410. The molecule has 0 aliphatic carbocycles. The lowest BCUT2D eigenvalue weighted by Gasteiger charge is -2.22. The first-order valence-electron chi connectivity index (χ1n) is 9.30. The van der Waals surface area contributed by atoms with Crippen molar-refractivity contribution >= 4 is 10.0 Å². The molecule has 1 heterocycles. The number of nitrogens with zero attached hydrogens (tertiary/aromatic N) is 2. The molecule has 142 valence electrons. The molecule has 1 aromatic rings. The van der Waals surface area contributed by atoms with Crippen LogP contribution in [0.5, 0.6) is 0 Å². The molecule has 0 saturated carbocycles. The molecule has 1 unspecified atom stereocenters. The second kappa shape index (κ2) is 9.67. The summed E-state index contributed by atoms with van der Waals surface area (Å²) in [5, 5.41) is 0. The van der Waals surface area contributed by atoms with Gasteiger partial charge in [0.15, 0.2) is 0 Å². The maximum atomic E-state index is 12.9. The molecule has 0 amide bonds. The highest BCUT2D eigenvalue weighted by Gasteiger charge is 2.26. The van der Waals surface area contributed by atoms with Crippen molar-refractivity contribution in [3.8, 4) is 0 Å². The third-order valence-corrected chi connectivity index (χ3v) is 6.98. The Hall–Kier alpha value is -0.950. The molecule has 0 bridgehead atoms. The second-order valence-corrected chi connectivity index (χ2v) is 8.76. The van der Waals surface area contributed by atoms with Crippen LogP contribution in [0.1, 0.15) is 44.6 Å². The predicted octanol–water partition coefficient (Wildman–Crippen LogP) is 2.93. The molecule has 0 radical (unpaired) electrons. The van der Waals surface area contributed by atoms with Gasteiger partial charge in [0.05, 0.1) is 4.90 Å². The quantitative estimate of drug-likeness (QED) is 0.662. The van der Waals surface area contributed by atoms with Gasteiger partial charge in [-0.3, -0.25) is 0 Å². The molecule has 1 atom stereocenters. The summed E-state index contributed by atoms with van der Waals surface area (Å²) >= 11 is 0. The molecule has 0 aromatic heterocycles. The van der Waals surface area contributed by atoms with Crippen LogP contribution in [0.4, 0.5) is 0 Å². The Morgan fingerprint density at radius 2 is 1.84 bits per heavy atom. The van der Waals surface area contributed by atoms with Gasteiger partial charge < -0.3 is 9.64 Å². The minimum atomic E-state index is -3.40. The molecule has 1 fully saturated rings. The zero-order chi connectivity index (χ0) is 18.3. The lowest BCUT2D eigenvalue weighted by atomic mass is 9.99. The van der Waals surface area contributed by atoms with Crippen molar-refractivity contribution < 1.29 is 13.2 Å². The number of benzene rings is 1. The summed E-state index contributed by atoms with van der Waals surface area (Å²) in [5.74, 6) is 0.454. The summed E-state index contributed by atoms with van der Waals surface area (Å²) in [6.45, 7) is 8.91. The smallest absolute Gasteiger partial charge is 0.243 e. The predicted molar refractivity (Wildman–Crippen MR) is 101 cm³/mol. The molecule has 5 nitrogen and oxygen atoms in total. The van der Waals surface area contributed by atoms with E-state index in [0.29, 0.717) is 23.9 Å². The molecule has 1 aliphatic rings. The monoisotopic (exact) mass is 368 g/mol. The van der Waals surface area contributed by atoms with Crippen LogP contribution in [-0.2, 0) is 14.8 Å². The first-order valence-corrected chi connectivity index (χ1v) is 10.7. The van der Waals surface area contributed by atoms with E-state index in [9.17, 15) is 8.42 Å². The van der Waals surface area contributed by atoms with Gasteiger partial charge in [0.25, 0.3) is 0 Å². The maximum absolute atomic E-state index is 12.9. The summed E-state index contributed by atoms with van der Waals surface area (Å²) in [7, 11) is -1.69. The average Bonchev–Trinajstić information content (AvgIpc) is 2.87. The van der Waals surface area contributed by atoms with E-state index in [4.69, 9.17) is 4.74 Å². The van der Waals surface area contributed by atoms with Crippen LogP contribution in [0.3, 0.4) is 0 Å².